The molecule has 0 spiro atoms. The fraction of sp³-hybridized carbons (Fsp3) is 0.667. The number of allylic oxidation sites excluding steroid dienone is 1. The number of hydrogen-bond donors (Lipinski definition) is 0. The van der Waals surface area contributed by atoms with Gasteiger partial charge in [-0.3, -0.25) is 4.90 Å². The van der Waals surface area contributed by atoms with Gasteiger partial charge in [-0.2, -0.15) is 0 Å². The van der Waals surface area contributed by atoms with E-state index >= 15 is 0 Å². The van der Waals surface area contributed by atoms with E-state index in [0.29, 0.717) is 0 Å². The van der Waals surface area contributed by atoms with E-state index in [1.807, 2.05) is 6.08 Å². The molecule has 1 radical (unpaired) electrons. The van der Waals surface area contributed by atoms with Crippen LogP contribution in [0.1, 0.15) is 19.3 Å². The largest absolute Gasteiger partial charge is 0.300 e. The lowest BCUT2D eigenvalue weighted by Crippen LogP contribution is -2.29. The normalized spacial score (nSPS) is 22.1. The standard InChI is InChI=1S/C9H16N/c1-2-3-7-10-8-5-4-6-9-10/h2-3H,1,4-9H2. The molecule has 0 aliphatic carbocycles. The lowest BCUT2D eigenvalue weighted by atomic mass is 10.1. The molecule has 0 N–H and O–H groups in total. The third-order valence-corrected chi connectivity index (χ3v) is 1.98. The van der Waals surface area contributed by atoms with Crippen molar-refractivity contribution < 1.29 is 0 Å². The zero-order chi connectivity index (χ0) is 7.23. The van der Waals surface area contributed by atoms with Crippen LogP contribution in [0.4, 0.5) is 0 Å². The van der Waals surface area contributed by atoms with Gasteiger partial charge >= 0.3 is 0 Å². The molecule has 1 fully saturated rings. The number of hydrogen-bond acceptors (Lipinski definition) is 1. The summed E-state index contributed by atoms with van der Waals surface area (Å²) in [6.45, 7) is 7.33. The van der Waals surface area contributed by atoms with Crippen LogP contribution in [-0.4, -0.2) is 24.5 Å². The van der Waals surface area contributed by atoms with Gasteiger partial charge in [0.25, 0.3) is 0 Å². The van der Waals surface area contributed by atoms with E-state index in [4.69, 9.17) is 0 Å². The van der Waals surface area contributed by atoms with E-state index < -0.39 is 0 Å². The molecule has 1 aliphatic heterocycles. The SMILES string of the molecule is [CH2]C=CCN1CCCCC1. The molecule has 1 nitrogen and oxygen atoms in total. The van der Waals surface area contributed by atoms with Crippen molar-refractivity contribution in [2.75, 3.05) is 19.6 Å². The van der Waals surface area contributed by atoms with Gasteiger partial charge in [0, 0.05) is 6.54 Å². The Kier molecular flexibility index (Phi) is 3.52. The van der Waals surface area contributed by atoms with Crippen LogP contribution in [0.2, 0.25) is 0 Å². The van der Waals surface area contributed by atoms with Gasteiger partial charge in [-0.15, -0.1) is 0 Å². The van der Waals surface area contributed by atoms with Gasteiger partial charge in [0.1, 0.15) is 0 Å². The maximum absolute atomic E-state index is 3.66. The van der Waals surface area contributed by atoms with Gasteiger partial charge in [-0.05, 0) is 32.9 Å². The Bertz CT molecular complexity index is 101. The van der Waals surface area contributed by atoms with Crippen LogP contribution in [0.3, 0.4) is 0 Å². The topological polar surface area (TPSA) is 3.24 Å². The quantitative estimate of drug-likeness (QED) is 0.563. The van der Waals surface area contributed by atoms with Crippen molar-refractivity contribution in [1.29, 1.82) is 0 Å². The Morgan fingerprint density at radius 1 is 1.20 bits per heavy atom. The van der Waals surface area contributed by atoms with Crippen molar-refractivity contribution in [2.24, 2.45) is 0 Å². The van der Waals surface area contributed by atoms with E-state index in [-0.39, 0.29) is 0 Å². The van der Waals surface area contributed by atoms with Gasteiger partial charge in [0.2, 0.25) is 0 Å². The van der Waals surface area contributed by atoms with Crippen LogP contribution in [-0.2, 0) is 0 Å². The Hall–Kier alpha value is -0.300. The minimum absolute atomic E-state index is 1.10. The molecule has 57 valence electrons. The van der Waals surface area contributed by atoms with Crippen molar-refractivity contribution in [1.82, 2.24) is 4.90 Å². The molecule has 0 aromatic heterocycles. The molecule has 1 saturated heterocycles. The Labute approximate surface area is 63.7 Å². The highest BCUT2D eigenvalue weighted by molar-refractivity contribution is 4.87. The highest BCUT2D eigenvalue weighted by Gasteiger charge is 2.06. The number of piperidine rings is 1. The molecule has 1 aliphatic rings. The van der Waals surface area contributed by atoms with Crippen LogP contribution < -0.4 is 0 Å². The summed E-state index contributed by atoms with van der Waals surface area (Å²) in [6, 6.07) is 0. The molecule has 0 atom stereocenters. The Morgan fingerprint density at radius 2 is 1.90 bits per heavy atom. The predicted molar refractivity (Wildman–Crippen MR) is 44.8 cm³/mol. The molecular weight excluding hydrogens is 122 g/mol. The average Bonchev–Trinajstić information content (AvgIpc) is 2.03. The maximum Gasteiger partial charge on any atom is 0.0163 e. The first-order valence-electron chi connectivity index (χ1n) is 4.10. The van der Waals surface area contributed by atoms with Crippen LogP contribution in [0.15, 0.2) is 12.2 Å². The molecule has 0 saturated carbocycles. The summed E-state index contributed by atoms with van der Waals surface area (Å²) in [5.41, 5.74) is 0. The average molecular weight is 138 g/mol. The van der Waals surface area contributed by atoms with Crippen LogP contribution >= 0.6 is 0 Å². The van der Waals surface area contributed by atoms with Crippen LogP contribution in [0.5, 0.6) is 0 Å². The molecule has 1 rings (SSSR count). The van der Waals surface area contributed by atoms with E-state index in [1.54, 1.807) is 0 Å². The van der Waals surface area contributed by atoms with E-state index in [9.17, 15) is 0 Å². The van der Waals surface area contributed by atoms with Crippen molar-refractivity contribution in [3.63, 3.8) is 0 Å². The summed E-state index contributed by atoms with van der Waals surface area (Å²) in [4.78, 5) is 2.48. The lowest BCUT2D eigenvalue weighted by Gasteiger charge is -2.24. The monoisotopic (exact) mass is 138 g/mol. The summed E-state index contributed by atoms with van der Waals surface area (Å²) >= 11 is 0. The first kappa shape index (κ1) is 7.80. The first-order chi connectivity index (χ1) is 4.93. The summed E-state index contributed by atoms with van der Waals surface area (Å²) in [6.07, 6.45) is 8.19. The van der Waals surface area contributed by atoms with Crippen LogP contribution in [0.25, 0.3) is 0 Å². The molecule has 0 aromatic rings. The molecule has 0 amide bonds. The molecule has 0 aromatic carbocycles. The van der Waals surface area contributed by atoms with Gasteiger partial charge in [0.05, 0.1) is 0 Å². The summed E-state index contributed by atoms with van der Waals surface area (Å²) in [5, 5.41) is 0. The molecule has 10 heavy (non-hydrogen) atoms. The maximum atomic E-state index is 3.66. The molecule has 0 bridgehead atoms. The van der Waals surface area contributed by atoms with E-state index in [1.165, 1.54) is 32.4 Å². The molecule has 0 unspecified atom stereocenters. The number of likely N-dealkylation sites (tertiary alicyclic amines) is 1. The fourth-order valence-electron chi connectivity index (χ4n) is 1.37. The van der Waals surface area contributed by atoms with Crippen molar-refractivity contribution in [3.8, 4) is 0 Å². The number of nitrogens with zero attached hydrogens (tertiary/aromatic N) is 1. The third kappa shape index (κ3) is 2.53. The summed E-state index contributed by atoms with van der Waals surface area (Å²) < 4.78 is 0. The highest BCUT2D eigenvalue weighted by atomic mass is 15.1. The Balaban J connectivity index is 2.13. The van der Waals surface area contributed by atoms with Crippen molar-refractivity contribution >= 4 is 0 Å². The van der Waals surface area contributed by atoms with Crippen molar-refractivity contribution in [2.45, 2.75) is 19.3 Å². The van der Waals surface area contributed by atoms with Gasteiger partial charge in [-0.25, -0.2) is 0 Å². The molecule has 1 heterocycles. The van der Waals surface area contributed by atoms with Gasteiger partial charge < -0.3 is 0 Å². The van der Waals surface area contributed by atoms with Crippen molar-refractivity contribution in [3.05, 3.63) is 19.1 Å². The van der Waals surface area contributed by atoms with Gasteiger partial charge in [-0.1, -0.05) is 18.6 Å². The second-order valence-corrected chi connectivity index (χ2v) is 2.83. The second kappa shape index (κ2) is 4.51. The highest BCUT2D eigenvalue weighted by Crippen LogP contribution is 2.07. The predicted octanol–water partition coefficient (Wildman–Crippen LogP) is 1.86. The van der Waals surface area contributed by atoms with Crippen LogP contribution in [0, 0.1) is 6.92 Å². The Morgan fingerprint density at radius 3 is 2.50 bits per heavy atom. The zero-order valence-corrected chi connectivity index (χ0v) is 6.55. The number of rotatable bonds is 2. The smallest absolute Gasteiger partial charge is 0.0163 e. The molecule has 1 heteroatoms. The van der Waals surface area contributed by atoms with E-state index in [0.717, 1.165) is 6.54 Å². The minimum Gasteiger partial charge on any atom is -0.300 e. The fourth-order valence-corrected chi connectivity index (χ4v) is 1.37. The van der Waals surface area contributed by atoms with E-state index in [2.05, 4.69) is 17.9 Å². The zero-order valence-electron chi connectivity index (χ0n) is 6.55. The third-order valence-electron chi connectivity index (χ3n) is 1.98. The lowest BCUT2D eigenvalue weighted by molar-refractivity contribution is 0.251. The van der Waals surface area contributed by atoms with Gasteiger partial charge in [0.15, 0.2) is 0 Å². The second-order valence-electron chi connectivity index (χ2n) is 2.83. The molecular formula is C9H16N. The summed E-state index contributed by atoms with van der Waals surface area (Å²) in [7, 11) is 0. The first-order valence-corrected chi connectivity index (χ1v) is 4.10. The summed E-state index contributed by atoms with van der Waals surface area (Å²) in [5.74, 6) is 0. The minimum atomic E-state index is 1.10.